The predicted octanol–water partition coefficient (Wildman–Crippen LogP) is 2.90. The topological polar surface area (TPSA) is 51.8 Å². The van der Waals surface area contributed by atoms with Crippen molar-refractivity contribution in [2.45, 2.75) is 44.6 Å². The Balaban J connectivity index is 2.62. The van der Waals surface area contributed by atoms with E-state index in [0.29, 0.717) is 5.82 Å². The molecular weight excluding hydrogens is 206 g/mol. The lowest BCUT2D eigenvalue weighted by Crippen LogP contribution is -2.00. The molecule has 0 aliphatic carbocycles. The molecule has 0 fully saturated rings. The van der Waals surface area contributed by atoms with Crippen LogP contribution in [0.3, 0.4) is 0 Å². The number of hydrogen-bond donors (Lipinski definition) is 1. The maximum absolute atomic E-state index is 5.73. The summed E-state index contributed by atoms with van der Waals surface area (Å²) in [6, 6.07) is 1.86. The molecule has 0 saturated heterocycles. The van der Waals surface area contributed by atoms with Crippen molar-refractivity contribution in [1.82, 2.24) is 9.97 Å². The van der Waals surface area contributed by atoms with E-state index >= 15 is 0 Å². The molecule has 0 atom stereocenters. The zero-order valence-electron chi connectivity index (χ0n) is 9.49. The Morgan fingerprint density at radius 3 is 2.73 bits per heavy atom. The van der Waals surface area contributed by atoms with E-state index in [1.54, 1.807) is 11.8 Å². The van der Waals surface area contributed by atoms with Gasteiger partial charge in [-0.3, -0.25) is 0 Å². The number of hydrogen-bond acceptors (Lipinski definition) is 4. The van der Waals surface area contributed by atoms with Crippen LogP contribution in [0.4, 0.5) is 5.82 Å². The van der Waals surface area contributed by atoms with Crippen molar-refractivity contribution in [3.05, 3.63) is 11.9 Å². The number of unbranched alkanes of at least 4 members (excludes halogenated alkanes) is 1. The first-order valence-corrected chi connectivity index (χ1v) is 6.51. The summed E-state index contributed by atoms with van der Waals surface area (Å²) >= 11 is 1.77. The normalized spacial score (nSPS) is 10.5. The summed E-state index contributed by atoms with van der Waals surface area (Å²) in [4.78, 5) is 8.67. The van der Waals surface area contributed by atoms with Gasteiger partial charge in [-0.2, -0.15) is 0 Å². The summed E-state index contributed by atoms with van der Waals surface area (Å²) in [5.41, 5.74) is 5.73. The molecule has 0 aliphatic rings. The van der Waals surface area contributed by atoms with Gasteiger partial charge in [-0.15, -0.1) is 11.8 Å². The number of nitrogens with two attached hydrogens (primary N) is 1. The molecule has 0 bridgehead atoms. The maximum atomic E-state index is 5.73. The van der Waals surface area contributed by atoms with Crippen molar-refractivity contribution < 1.29 is 0 Å². The Morgan fingerprint density at radius 1 is 1.27 bits per heavy atom. The predicted molar refractivity (Wildman–Crippen MR) is 66.1 cm³/mol. The van der Waals surface area contributed by atoms with Gasteiger partial charge in [0.2, 0.25) is 0 Å². The second-order valence-electron chi connectivity index (χ2n) is 3.50. The number of nitrogens with zero attached hydrogens (tertiary/aromatic N) is 2. The number of anilines is 1. The van der Waals surface area contributed by atoms with E-state index in [1.165, 1.54) is 12.8 Å². The molecule has 1 heterocycles. The van der Waals surface area contributed by atoms with Gasteiger partial charge < -0.3 is 5.73 Å². The maximum Gasteiger partial charge on any atom is 0.132 e. The second-order valence-corrected chi connectivity index (χ2v) is 4.61. The van der Waals surface area contributed by atoms with Gasteiger partial charge in [-0.1, -0.05) is 20.3 Å². The molecule has 3 nitrogen and oxygen atoms in total. The van der Waals surface area contributed by atoms with Crippen molar-refractivity contribution in [1.29, 1.82) is 0 Å². The van der Waals surface area contributed by atoms with Gasteiger partial charge in [-0.25, -0.2) is 9.97 Å². The van der Waals surface area contributed by atoms with Gasteiger partial charge >= 0.3 is 0 Å². The van der Waals surface area contributed by atoms with Crippen LogP contribution in [-0.2, 0) is 6.42 Å². The lowest BCUT2D eigenvalue weighted by Gasteiger charge is -2.04. The largest absolute Gasteiger partial charge is 0.384 e. The summed E-state index contributed by atoms with van der Waals surface area (Å²) in [6.07, 6.45) is 4.40. The van der Waals surface area contributed by atoms with Crippen LogP contribution in [0.25, 0.3) is 0 Å². The molecule has 0 amide bonds. The fourth-order valence-electron chi connectivity index (χ4n) is 1.22. The molecule has 0 aliphatic heterocycles. The molecule has 15 heavy (non-hydrogen) atoms. The quantitative estimate of drug-likeness (QED) is 0.459. The molecule has 1 aromatic heterocycles. The molecule has 0 saturated carbocycles. The van der Waals surface area contributed by atoms with Gasteiger partial charge in [0, 0.05) is 12.5 Å². The molecule has 1 rings (SSSR count). The van der Waals surface area contributed by atoms with Crippen LogP contribution >= 0.6 is 11.8 Å². The van der Waals surface area contributed by atoms with E-state index in [0.717, 1.165) is 29.4 Å². The Bertz CT molecular complexity index is 302. The Hall–Kier alpha value is -0.770. The third-order valence-corrected chi connectivity index (χ3v) is 2.99. The monoisotopic (exact) mass is 225 g/mol. The van der Waals surface area contributed by atoms with E-state index in [2.05, 4.69) is 23.8 Å². The highest BCUT2D eigenvalue weighted by Crippen LogP contribution is 2.19. The molecule has 0 unspecified atom stereocenters. The van der Waals surface area contributed by atoms with Crippen molar-refractivity contribution in [2.24, 2.45) is 0 Å². The second kappa shape index (κ2) is 6.67. The van der Waals surface area contributed by atoms with Crippen molar-refractivity contribution in [3.63, 3.8) is 0 Å². The number of nitrogen functional groups attached to an aromatic ring is 1. The first-order chi connectivity index (χ1) is 7.26. The highest BCUT2D eigenvalue weighted by Gasteiger charge is 2.02. The average Bonchev–Trinajstić information content (AvgIpc) is 2.18. The molecule has 1 aromatic rings. The molecular formula is C11H19N3S. The summed E-state index contributed by atoms with van der Waals surface area (Å²) in [7, 11) is 0. The van der Waals surface area contributed by atoms with E-state index in [1.807, 2.05) is 6.07 Å². The first kappa shape index (κ1) is 12.3. The highest BCUT2D eigenvalue weighted by molar-refractivity contribution is 7.99. The Kier molecular flexibility index (Phi) is 5.47. The highest BCUT2D eigenvalue weighted by atomic mass is 32.2. The number of aromatic nitrogens is 2. The third-order valence-electron chi connectivity index (χ3n) is 1.99. The van der Waals surface area contributed by atoms with Gasteiger partial charge in [0.25, 0.3) is 0 Å². The molecule has 0 radical (unpaired) electrons. The van der Waals surface area contributed by atoms with E-state index < -0.39 is 0 Å². The lowest BCUT2D eigenvalue weighted by atomic mass is 10.3. The van der Waals surface area contributed by atoms with Crippen LogP contribution in [0.2, 0.25) is 0 Å². The SMILES string of the molecule is CCCCSc1cc(N)nc(CCC)n1. The summed E-state index contributed by atoms with van der Waals surface area (Å²) in [6.45, 7) is 4.31. The van der Waals surface area contributed by atoms with E-state index in [4.69, 9.17) is 5.73 Å². The molecule has 84 valence electrons. The molecule has 2 N–H and O–H groups in total. The minimum Gasteiger partial charge on any atom is -0.384 e. The zero-order valence-corrected chi connectivity index (χ0v) is 10.3. The average molecular weight is 225 g/mol. The molecule has 4 heteroatoms. The molecule has 0 spiro atoms. The van der Waals surface area contributed by atoms with Crippen LogP contribution in [0.1, 0.15) is 38.9 Å². The first-order valence-electron chi connectivity index (χ1n) is 5.52. The smallest absolute Gasteiger partial charge is 0.132 e. The van der Waals surface area contributed by atoms with Crippen LogP contribution < -0.4 is 5.73 Å². The standard InChI is InChI=1S/C11H19N3S/c1-3-5-7-15-11-8-9(12)13-10(14-11)6-4-2/h8H,3-7H2,1-2H3,(H2,12,13,14). The fraction of sp³-hybridized carbons (Fsp3) is 0.636. The lowest BCUT2D eigenvalue weighted by molar-refractivity contribution is 0.812. The molecule has 0 aromatic carbocycles. The third kappa shape index (κ3) is 4.51. The van der Waals surface area contributed by atoms with Gasteiger partial charge in [0.15, 0.2) is 0 Å². The zero-order chi connectivity index (χ0) is 11.1. The Morgan fingerprint density at radius 2 is 2.07 bits per heavy atom. The van der Waals surface area contributed by atoms with Crippen molar-refractivity contribution >= 4 is 17.6 Å². The van der Waals surface area contributed by atoms with Gasteiger partial charge in [0.1, 0.15) is 16.7 Å². The fourth-order valence-corrected chi connectivity index (χ4v) is 2.24. The number of aryl methyl sites for hydroxylation is 1. The van der Waals surface area contributed by atoms with E-state index in [-0.39, 0.29) is 0 Å². The minimum atomic E-state index is 0.590. The van der Waals surface area contributed by atoms with Crippen molar-refractivity contribution in [3.8, 4) is 0 Å². The number of rotatable bonds is 6. The van der Waals surface area contributed by atoms with E-state index in [9.17, 15) is 0 Å². The van der Waals surface area contributed by atoms with Crippen LogP contribution in [-0.4, -0.2) is 15.7 Å². The van der Waals surface area contributed by atoms with Crippen LogP contribution in [0.5, 0.6) is 0 Å². The summed E-state index contributed by atoms with van der Waals surface area (Å²) in [5.74, 6) is 2.57. The summed E-state index contributed by atoms with van der Waals surface area (Å²) in [5, 5.41) is 1.01. The minimum absolute atomic E-state index is 0.590. The summed E-state index contributed by atoms with van der Waals surface area (Å²) < 4.78 is 0. The van der Waals surface area contributed by atoms with Crippen LogP contribution in [0.15, 0.2) is 11.1 Å². The number of thioether (sulfide) groups is 1. The van der Waals surface area contributed by atoms with Crippen molar-refractivity contribution in [2.75, 3.05) is 11.5 Å². The van der Waals surface area contributed by atoms with Crippen LogP contribution in [0, 0.1) is 0 Å². The Labute approximate surface area is 95.9 Å². The van der Waals surface area contributed by atoms with Gasteiger partial charge in [0.05, 0.1) is 0 Å². The van der Waals surface area contributed by atoms with Gasteiger partial charge in [-0.05, 0) is 18.6 Å².